The third kappa shape index (κ3) is 7.56. The van der Waals surface area contributed by atoms with E-state index in [0.717, 1.165) is 50.5 Å². The van der Waals surface area contributed by atoms with Gasteiger partial charge in [-0.2, -0.15) is 0 Å². The summed E-state index contributed by atoms with van der Waals surface area (Å²) in [6, 6.07) is 8.54. The number of carbonyl (C=O) groups is 3. The van der Waals surface area contributed by atoms with Gasteiger partial charge in [0.2, 0.25) is 11.8 Å². The first-order chi connectivity index (χ1) is 20.0. The van der Waals surface area contributed by atoms with Crippen LogP contribution >= 0.6 is 0 Å². The first-order valence-corrected chi connectivity index (χ1v) is 15.3. The van der Waals surface area contributed by atoms with Crippen LogP contribution in [0.25, 0.3) is 0 Å². The van der Waals surface area contributed by atoms with E-state index >= 15 is 0 Å². The number of esters is 1. The zero-order valence-corrected chi connectivity index (χ0v) is 24.1. The lowest BCUT2D eigenvalue weighted by atomic mass is 9.75. The van der Waals surface area contributed by atoms with Crippen molar-refractivity contribution in [3.63, 3.8) is 0 Å². The minimum absolute atomic E-state index is 0.0216. The average molecular weight is 566 g/mol. The number of methoxy groups -OCH3 is 1. The van der Waals surface area contributed by atoms with Gasteiger partial charge in [0.05, 0.1) is 25.2 Å². The number of aromatic nitrogens is 1. The summed E-state index contributed by atoms with van der Waals surface area (Å²) in [6.45, 7) is 0.486. The van der Waals surface area contributed by atoms with Gasteiger partial charge >= 0.3 is 5.97 Å². The Bertz CT molecular complexity index is 1190. The number of hydrogen-bond acceptors (Lipinski definition) is 7. The summed E-state index contributed by atoms with van der Waals surface area (Å²) < 4.78 is 17.0. The molecule has 1 aromatic heterocycles. The van der Waals surface area contributed by atoms with Crippen LogP contribution in [0, 0.1) is 5.92 Å². The van der Waals surface area contributed by atoms with Crippen molar-refractivity contribution in [3.8, 4) is 0 Å². The van der Waals surface area contributed by atoms with Crippen molar-refractivity contribution in [2.24, 2.45) is 5.92 Å². The van der Waals surface area contributed by atoms with E-state index in [9.17, 15) is 14.4 Å². The zero-order chi connectivity index (χ0) is 28.6. The summed E-state index contributed by atoms with van der Waals surface area (Å²) in [5, 5.41) is 6.06. The molecule has 2 aliphatic heterocycles. The Hall–Kier alpha value is -3.20. The standard InChI is InChI=1S/C32H43N3O6/c1-39-29(37)17-14-21-9-5-6-10-22(21)19-24-26-15-16-27(41-26)30(24)32-35-25(20-40-32)31(38)33-18-8-7-13-28(36)34-23-11-3-2-4-12-23/h5-6,9-10,20,23-24,26-27,30H,2-4,7-8,11-19H2,1H3,(H,33,38)(H,34,36)/t24-,26-,27+,30-/m0/s1. The van der Waals surface area contributed by atoms with Crippen molar-refractivity contribution in [1.29, 1.82) is 0 Å². The van der Waals surface area contributed by atoms with Crippen molar-refractivity contribution in [3.05, 3.63) is 53.2 Å². The fourth-order valence-corrected chi connectivity index (χ4v) is 6.76. The molecule has 3 aliphatic rings. The van der Waals surface area contributed by atoms with Gasteiger partial charge in [0.25, 0.3) is 5.91 Å². The van der Waals surface area contributed by atoms with E-state index in [1.165, 1.54) is 38.2 Å². The highest BCUT2D eigenvalue weighted by molar-refractivity contribution is 5.91. The summed E-state index contributed by atoms with van der Waals surface area (Å²) in [6.07, 6.45) is 13.1. The van der Waals surface area contributed by atoms with Gasteiger partial charge in [-0.25, -0.2) is 4.98 Å². The Morgan fingerprint density at radius 2 is 1.76 bits per heavy atom. The largest absolute Gasteiger partial charge is 0.469 e. The third-order valence-corrected chi connectivity index (χ3v) is 8.95. The van der Waals surface area contributed by atoms with E-state index in [4.69, 9.17) is 13.9 Å². The second kappa shape index (κ2) is 14.1. The summed E-state index contributed by atoms with van der Waals surface area (Å²) in [4.78, 5) is 41.3. The highest BCUT2D eigenvalue weighted by atomic mass is 16.5. The molecule has 2 amide bonds. The first kappa shape index (κ1) is 29.3. The summed E-state index contributed by atoms with van der Waals surface area (Å²) >= 11 is 0. The molecule has 2 N–H and O–H groups in total. The third-order valence-electron chi connectivity index (χ3n) is 8.95. The number of carbonyl (C=O) groups excluding carboxylic acids is 3. The van der Waals surface area contributed by atoms with Crippen LogP contribution in [0.2, 0.25) is 0 Å². The van der Waals surface area contributed by atoms with Crippen LogP contribution in [-0.2, 0) is 31.9 Å². The number of nitrogens with one attached hydrogen (secondary N) is 2. The van der Waals surface area contributed by atoms with Crippen LogP contribution in [0.15, 0.2) is 34.9 Å². The van der Waals surface area contributed by atoms with Gasteiger partial charge in [0.1, 0.15) is 6.26 Å². The average Bonchev–Trinajstić information content (AvgIpc) is 3.74. The van der Waals surface area contributed by atoms with Crippen molar-refractivity contribution < 1.29 is 28.3 Å². The molecule has 5 rings (SSSR count). The quantitative estimate of drug-likeness (QED) is 0.268. The maximum Gasteiger partial charge on any atom is 0.305 e. The van der Waals surface area contributed by atoms with Gasteiger partial charge in [-0.1, -0.05) is 43.5 Å². The van der Waals surface area contributed by atoms with E-state index in [0.29, 0.717) is 37.7 Å². The van der Waals surface area contributed by atoms with E-state index in [2.05, 4.69) is 27.8 Å². The number of aryl methyl sites for hydroxylation is 1. The monoisotopic (exact) mass is 565 g/mol. The lowest BCUT2D eigenvalue weighted by Gasteiger charge is -2.26. The number of amides is 2. The van der Waals surface area contributed by atoms with Crippen LogP contribution in [0.1, 0.15) is 104 Å². The molecule has 4 atom stereocenters. The lowest BCUT2D eigenvalue weighted by molar-refractivity contribution is -0.140. The van der Waals surface area contributed by atoms with Crippen LogP contribution in [0.5, 0.6) is 0 Å². The second-order valence-electron chi connectivity index (χ2n) is 11.7. The Balaban J connectivity index is 1.12. The normalized spacial score (nSPS) is 23.8. The predicted octanol–water partition coefficient (Wildman–Crippen LogP) is 4.63. The van der Waals surface area contributed by atoms with Gasteiger partial charge < -0.3 is 24.5 Å². The summed E-state index contributed by atoms with van der Waals surface area (Å²) in [7, 11) is 1.41. The van der Waals surface area contributed by atoms with Gasteiger partial charge in [-0.15, -0.1) is 0 Å². The molecule has 2 aromatic rings. The number of unbranched alkanes of at least 4 members (excludes halogenated alkanes) is 1. The number of rotatable bonds is 13. The number of nitrogens with zero attached hydrogens (tertiary/aromatic N) is 1. The number of oxazole rings is 1. The molecule has 2 saturated heterocycles. The number of benzene rings is 1. The fraction of sp³-hybridized carbons (Fsp3) is 0.625. The number of ether oxygens (including phenoxy) is 2. The molecule has 41 heavy (non-hydrogen) atoms. The van der Waals surface area contributed by atoms with Gasteiger partial charge in [0.15, 0.2) is 5.69 Å². The maximum absolute atomic E-state index is 12.8. The second-order valence-corrected chi connectivity index (χ2v) is 11.7. The molecule has 3 heterocycles. The minimum atomic E-state index is -0.263. The molecule has 0 unspecified atom stereocenters. The van der Waals surface area contributed by atoms with E-state index in [1.807, 2.05) is 12.1 Å². The van der Waals surface area contributed by atoms with E-state index in [-0.39, 0.29) is 47.5 Å². The van der Waals surface area contributed by atoms with Crippen molar-refractivity contribution in [2.45, 2.75) is 108 Å². The molecule has 1 aromatic carbocycles. The Morgan fingerprint density at radius 1 is 0.976 bits per heavy atom. The van der Waals surface area contributed by atoms with Gasteiger partial charge in [-0.05, 0) is 62.5 Å². The number of fused-ring (bicyclic) bond motifs is 2. The number of hydrogen-bond donors (Lipinski definition) is 2. The highest BCUT2D eigenvalue weighted by Crippen LogP contribution is 2.50. The van der Waals surface area contributed by atoms with Gasteiger partial charge in [0, 0.05) is 31.3 Å². The van der Waals surface area contributed by atoms with E-state index in [1.54, 1.807) is 0 Å². The molecule has 0 radical (unpaired) electrons. The maximum atomic E-state index is 12.8. The first-order valence-electron chi connectivity index (χ1n) is 15.3. The molecular weight excluding hydrogens is 522 g/mol. The molecule has 1 aliphatic carbocycles. The van der Waals surface area contributed by atoms with Crippen LogP contribution < -0.4 is 10.6 Å². The fourth-order valence-electron chi connectivity index (χ4n) is 6.76. The lowest BCUT2D eigenvalue weighted by Crippen LogP contribution is -2.36. The smallest absolute Gasteiger partial charge is 0.305 e. The molecule has 9 heteroatoms. The van der Waals surface area contributed by atoms with Crippen molar-refractivity contribution >= 4 is 17.8 Å². The molecule has 222 valence electrons. The summed E-state index contributed by atoms with van der Waals surface area (Å²) in [5.41, 5.74) is 2.60. The summed E-state index contributed by atoms with van der Waals surface area (Å²) in [5.74, 6) is 0.345. The van der Waals surface area contributed by atoms with Crippen molar-refractivity contribution in [2.75, 3.05) is 13.7 Å². The Morgan fingerprint density at radius 3 is 2.56 bits per heavy atom. The highest BCUT2D eigenvalue weighted by Gasteiger charge is 2.51. The minimum Gasteiger partial charge on any atom is -0.469 e. The van der Waals surface area contributed by atoms with Crippen LogP contribution in [0.4, 0.5) is 0 Å². The molecule has 1 saturated carbocycles. The Kier molecular flexibility index (Phi) is 10.1. The molecular formula is C32H43N3O6. The molecule has 9 nitrogen and oxygen atoms in total. The topological polar surface area (TPSA) is 120 Å². The molecule has 3 fully saturated rings. The molecule has 0 spiro atoms. The SMILES string of the molecule is COC(=O)CCc1ccccc1C[C@@H]1[C@H](c2nc(C(=O)NCCCCC(=O)NC3CCCCC3)co2)[C@H]2CC[C@@H]1O2. The molecule has 2 bridgehead atoms. The van der Waals surface area contributed by atoms with E-state index < -0.39 is 0 Å². The van der Waals surface area contributed by atoms with Crippen LogP contribution in [-0.4, -0.2) is 54.7 Å². The Labute approximate surface area is 242 Å². The predicted molar refractivity (Wildman–Crippen MR) is 152 cm³/mol. The zero-order valence-electron chi connectivity index (χ0n) is 24.1. The van der Waals surface area contributed by atoms with Crippen molar-refractivity contribution in [1.82, 2.24) is 15.6 Å². The van der Waals surface area contributed by atoms with Crippen LogP contribution in [0.3, 0.4) is 0 Å². The van der Waals surface area contributed by atoms with Gasteiger partial charge in [-0.3, -0.25) is 14.4 Å².